The SMILES string of the molecule is Brc1ccc(-c2nc[nH]c2C2CCNCC2)cc1. The van der Waals surface area contributed by atoms with Crippen molar-refractivity contribution in [1.29, 1.82) is 0 Å². The monoisotopic (exact) mass is 305 g/mol. The van der Waals surface area contributed by atoms with Crippen LogP contribution in [0.2, 0.25) is 0 Å². The zero-order valence-electron chi connectivity index (χ0n) is 10.1. The van der Waals surface area contributed by atoms with Crippen molar-refractivity contribution in [2.45, 2.75) is 18.8 Å². The van der Waals surface area contributed by atoms with Crippen molar-refractivity contribution in [1.82, 2.24) is 15.3 Å². The average Bonchev–Trinajstić information content (AvgIpc) is 2.90. The minimum Gasteiger partial charge on any atom is -0.348 e. The van der Waals surface area contributed by atoms with Crippen LogP contribution >= 0.6 is 15.9 Å². The molecule has 4 heteroatoms. The first kappa shape index (κ1) is 11.9. The molecule has 0 saturated carbocycles. The van der Waals surface area contributed by atoms with Crippen LogP contribution in [0.5, 0.6) is 0 Å². The van der Waals surface area contributed by atoms with Crippen molar-refractivity contribution in [3.63, 3.8) is 0 Å². The Hall–Kier alpha value is -1.13. The van der Waals surface area contributed by atoms with Gasteiger partial charge < -0.3 is 10.3 Å². The number of benzene rings is 1. The molecule has 1 fully saturated rings. The van der Waals surface area contributed by atoms with Gasteiger partial charge >= 0.3 is 0 Å². The summed E-state index contributed by atoms with van der Waals surface area (Å²) in [5.41, 5.74) is 3.58. The predicted molar refractivity (Wildman–Crippen MR) is 76.6 cm³/mol. The van der Waals surface area contributed by atoms with Crippen LogP contribution in [0.25, 0.3) is 11.3 Å². The number of hydrogen-bond acceptors (Lipinski definition) is 2. The van der Waals surface area contributed by atoms with E-state index < -0.39 is 0 Å². The predicted octanol–water partition coefficient (Wildman–Crippen LogP) is 3.31. The zero-order valence-corrected chi connectivity index (χ0v) is 11.7. The lowest BCUT2D eigenvalue weighted by Crippen LogP contribution is -2.27. The topological polar surface area (TPSA) is 40.7 Å². The number of nitrogens with one attached hydrogen (secondary N) is 2. The molecule has 0 spiro atoms. The lowest BCUT2D eigenvalue weighted by atomic mass is 9.92. The smallest absolute Gasteiger partial charge is 0.0929 e. The van der Waals surface area contributed by atoms with Crippen LogP contribution in [-0.2, 0) is 0 Å². The summed E-state index contributed by atoms with van der Waals surface area (Å²) in [7, 11) is 0. The molecule has 1 aliphatic rings. The van der Waals surface area contributed by atoms with Gasteiger partial charge in [0, 0.05) is 21.6 Å². The fraction of sp³-hybridized carbons (Fsp3) is 0.357. The van der Waals surface area contributed by atoms with Gasteiger partial charge in [0.25, 0.3) is 0 Å². The van der Waals surface area contributed by atoms with Crippen molar-refractivity contribution in [2.75, 3.05) is 13.1 Å². The number of hydrogen-bond donors (Lipinski definition) is 2. The van der Waals surface area contributed by atoms with Crippen LogP contribution in [0.15, 0.2) is 35.1 Å². The van der Waals surface area contributed by atoms with Crippen LogP contribution in [-0.4, -0.2) is 23.1 Å². The largest absolute Gasteiger partial charge is 0.348 e. The van der Waals surface area contributed by atoms with Gasteiger partial charge in [-0.2, -0.15) is 0 Å². The van der Waals surface area contributed by atoms with Gasteiger partial charge in [-0.3, -0.25) is 0 Å². The minimum atomic E-state index is 0.604. The molecule has 0 atom stereocenters. The molecule has 1 aromatic heterocycles. The highest BCUT2D eigenvalue weighted by Crippen LogP contribution is 2.31. The van der Waals surface area contributed by atoms with E-state index in [-0.39, 0.29) is 0 Å². The summed E-state index contributed by atoms with van der Waals surface area (Å²) in [6.07, 6.45) is 4.19. The van der Waals surface area contributed by atoms with Gasteiger partial charge in [-0.15, -0.1) is 0 Å². The average molecular weight is 306 g/mol. The molecular weight excluding hydrogens is 290 g/mol. The second kappa shape index (κ2) is 5.24. The number of imidazole rings is 1. The van der Waals surface area contributed by atoms with Gasteiger partial charge in [0.15, 0.2) is 0 Å². The molecule has 2 N–H and O–H groups in total. The van der Waals surface area contributed by atoms with E-state index in [1.165, 1.54) is 24.1 Å². The van der Waals surface area contributed by atoms with Crippen molar-refractivity contribution in [2.24, 2.45) is 0 Å². The second-order valence-corrected chi connectivity index (χ2v) is 5.61. The molecule has 1 aromatic carbocycles. The molecule has 0 bridgehead atoms. The second-order valence-electron chi connectivity index (χ2n) is 4.70. The first-order valence-corrected chi connectivity index (χ1v) is 7.14. The molecule has 94 valence electrons. The van der Waals surface area contributed by atoms with Crippen molar-refractivity contribution >= 4 is 15.9 Å². The summed E-state index contributed by atoms with van der Waals surface area (Å²) in [5.74, 6) is 0.604. The molecule has 2 aromatic rings. The van der Waals surface area contributed by atoms with Gasteiger partial charge in [0.05, 0.1) is 12.0 Å². The molecule has 3 nitrogen and oxygen atoms in total. The Morgan fingerprint density at radius 3 is 2.56 bits per heavy atom. The van der Waals surface area contributed by atoms with Gasteiger partial charge in [-0.05, 0) is 38.1 Å². The normalized spacial score (nSPS) is 16.9. The van der Waals surface area contributed by atoms with Gasteiger partial charge in [0.1, 0.15) is 0 Å². The Kier molecular flexibility index (Phi) is 3.48. The number of piperidine rings is 1. The number of nitrogens with zero attached hydrogens (tertiary/aromatic N) is 1. The summed E-state index contributed by atoms with van der Waals surface area (Å²) in [4.78, 5) is 7.84. The number of aromatic nitrogens is 2. The Labute approximate surface area is 115 Å². The lowest BCUT2D eigenvalue weighted by Gasteiger charge is -2.22. The quantitative estimate of drug-likeness (QED) is 0.894. The third-order valence-electron chi connectivity index (χ3n) is 3.53. The fourth-order valence-electron chi connectivity index (χ4n) is 2.56. The van der Waals surface area contributed by atoms with E-state index in [1.807, 2.05) is 6.33 Å². The van der Waals surface area contributed by atoms with E-state index >= 15 is 0 Å². The summed E-state index contributed by atoms with van der Waals surface area (Å²) < 4.78 is 1.10. The Balaban J connectivity index is 1.93. The van der Waals surface area contributed by atoms with Crippen LogP contribution in [0, 0.1) is 0 Å². The van der Waals surface area contributed by atoms with E-state index in [2.05, 4.69) is 55.5 Å². The van der Waals surface area contributed by atoms with Crippen LogP contribution < -0.4 is 5.32 Å². The molecule has 0 unspecified atom stereocenters. The maximum Gasteiger partial charge on any atom is 0.0929 e. The summed E-state index contributed by atoms with van der Waals surface area (Å²) in [5, 5.41) is 3.40. The maximum atomic E-state index is 4.50. The standard InChI is InChI=1S/C14H16BrN3/c15-12-3-1-10(2-4-12)13-14(18-9-17-13)11-5-7-16-8-6-11/h1-4,9,11,16H,5-8H2,(H,17,18). The number of rotatable bonds is 2. The molecule has 1 aliphatic heterocycles. The Morgan fingerprint density at radius 1 is 1.11 bits per heavy atom. The summed E-state index contributed by atoms with van der Waals surface area (Å²) in [6, 6.07) is 8.36. The molecule has 0 radical (unpaired) electrons. The van der Waals surface area contributed by atoms with Crippen LogP contribution in [0.3, 0.4) is 0 Å². The first-order valence-electron chi connectivity index (χ1n) is 6.34. The van der Waals surface area contributed by atoms with E-state index in [1.54, 1.807) is 0 Å². The molecule has 18 heavy (non-hydrogen) atoms. The highest BCUT2D eigenvalue weighted by Gasteiger charge is 2.20. The van der Waals surface area contributed by atoms with E-state index in [0.717, 1.165) is 23.3 Å². The lowest BCUT2D eigenvalue weighted by molar-refractivity contribution is 0.455. The number of halogens is 1. The molecule has 3 rings (SSSR count). The highest BCUT2D eigenvalue weighted by molar-refractivity contribution is 9.10. The molecule has 0 amide bonds. The Morgan fingerprint density at radius 2 is 1.83 bits per heavy atom. The van der Waals surface area contributed by atoms with Gasteiger partial charge in [0.2, 0.25) is 0 Å². The highest BCUT2D eigenvalue weighted by atomic mass is 79.9. The molecule has 2 heterocycles. The van der Waals surface area contributed by atoms with Crippen molar-refractivity contribution in [3.05, 3.63) is 40.8 Å². The third kappa shape index (κ3) is 2.35. The van der Waals surface area contributed by atoms with E-state index in [9.17, 15) is 0 Å². The van der Waals surface area contributed by atoms with E-state index in [0.29, 0.717) is 5.92 Å². The van der Waals surface area contributed by atoms with E-state index in [4.69, 9.17) is 0 Å². The third-order valence-corrected chi connectivity index (χ3v) is 4.06. The molecular formula is C14H16BrN3. The number of aromatic amines is 1. The van der Waals surface area contributed by atoms with Crippen LogP contribution in [0.1, 0.15) is 24.5 Å². The van der Waals surface area contributed by atoms with Gasteiger partial charge in [-0.25, -0.2) is 4.98 Å². The molecule has 0 aliphatic carbocycles. The number of H-pyrrole nitrogens is 1. The van der Waals surface area contributed by atoms with Crippen molar-refractivity contribution < 1.29 is 0 Å². The fourth-order valence-corrected chi connectivity index (χ4v) is 2.83. The van der Waals surface area contributed by atoms with Crippen LogP contribution in [0.4, 0.5) is 0 Å². The summed E-state index contributed by atoms with van der Waals surface area (Å²) >= 11 is 3.47. The van der Waals surface area contributed by atoms with Crippen molar-refractivity contribution in [3.8, 4) is 11.3 Å². The van der Waals surface area contributed by atoms with Gasteiger partial charge in [-0.1, -0.05) is 28.1 Å². The molecule has 1 saturated heterocycles. The Bertz CT molecular complexity index is 512. The summed E-state index contributed by atoms with van der Waals surface area (Å²) in [6.45, 7) is 2.20. The maximum absolute atomic E-state index is 4.50. The zero-order chi connectivity index (χ0) is 12.4. The first-order chi connectivity index (χ1) is 8.84. The minimum absolute atomic E-state index is 0.604.